The maximum atomic E-state index is 13.2. The van der Waals surface area contributed by atoms with Crippen LogP contribution < -0.4 is 0 Å². The highest BCUT2D eigenvalue weighted by Gasteiger charge is 2.44. The Bertz CT molecular complexity index is 550. The van der Waals surface area contributed by atoms with E-state index in [1.807, 2.05) is 0 Å². The van der Waals surface area contributed by atoms with E-state index in [1.54, 1.807) is 4.90 Å². The topological polar surface area (TPSA) is 49.8 Å². The molecule has 22 heavy (non-hydrogen) atoms. The van der Waals surface area contributed by atoms with E-state index < -0.39 is 29.2 Å². The van der Waals surface area contributed by atoms with Crippen molar-refractivity contribution in [2.24, 2.45) is 0 Å². The molecule has 120 valence electrons. The highest BCUT2D eigenvalue weighted by molar-refractivity contribution is 5.94. The van der Waals surface area contributed by atoms with E-state index in [0.29, 0.717) is 39.0 Å². The molecule has 2 aliphatic rings. The predicted molar refractivity (Wildman–Crippen MR) is 75.4 cm³/mol. The Morgan fingerprint density at radius 3 is 2.45 bits per heavy atom. The van der Waals surface area contributed by atoms with Crippen LogP contribution in [-0.4, -0.2) is 47.3 Å². The van der Waals surface area contributed by atoms with Crippen LogP contribution in [0.4, 0.5) is 8.78 Å². The first-order valence-corrected chi connectivity index (χ1v) is 7.58. The molecule has 0 aromatic heterocycles. The number of piperidine rings is 1. The molecule has 1 amide bonds. The van der Waals surface area contributed by atoms with Crippen LogP contribution in [-0.2, 0) is 4.74 Å². The molecule has 1 atom stereocenters. The number of hydrogen-bond acceptors (Lipinski definition) is 3. The lowest BCUT2D eigenvalue weighted by Crippen LogP contribution is -2.56. The Morgan fingerprint density at radius 1 is 1.23 bits per heavy atom. The first-order chi connectivity index (χ1) is 10.5. The second-order valence-electron chi connectivity index (χ2n) is 6.02. The highest BCUT2D eigenvalue weighted by Crippen LogP contribution is 2.35. The molecule has 0 aliphatic carbocycles. The fourth-order valence-electron chi connectivity index (χ4n) is 3.34. The zero-order valence-electron chi connectivity index (χ0n) is 12.2. The molecule has 4 nitrogen and oxygen atoms in total. The number of carbonyl (C=O) groups is 1. The van der Waals surface area contributed by atoms with E-state index in [-0.39, 0.29) is 5.56 Å². The average Bonchev–Trinajstić information content (AvgIpc) is 2.49. The van der Waals surface area contributed by atoms with Crippen LogP contribution in [0.15, 0.2) is 18.2 Å². The lowest BCUT2D eigenvalue weighted by molar-refractivity contribution is -0.174. The summed E-state index contributed by atoms with van der Waals surface area (Å²) >= 11 is 0. The number of ether oxygens (including phenoxy) is 1. The summed E-state index contributed by atoms with van der Waals surface area (Å²) in [7, 11) is 0. The van der Waals surface area contributed by atoms with Crippen LogP contribution in [0, 0.1) is 11.6 Å². The van der Waals surface area contributed by atoms with Crippen molar-refractivity contribution in [2.45, 2.75) is 37.4 Å². The van der Waals surface area contributed by atoms with Crippen LogP contribution in [0.25, 0.3) is 0 Å². The number of amides is 1. The molecule has 2 heterocycles. The second-order valence-corrected chi connectivity index (χ2v) is 6.02. The lowest BCUT2D eigenvalue weighted by Gasteiger charge is -2.46. The van der Waals surface area contributed by atoms with E-state index in [9.17, 15) is 18.7 Å². The summed E-state index contributed by atoms with van der Waals surface area (Å²) in [6.45, 7) is 1.45. The van der Waals surface area contributed by atoms with Gasteiger partial charge < -0.3 is 14.7 Å². The van der Waals surface area contributed by atoms with Crippen LogP contribution in [0.1, 0.15) is 36.0 Å². The van der Waals surface area contributed by atoms with Gasteiger partial charge in [0.2, 0.25) is 0 Å². The van der Waals surface area contributed by atoms with Gasteiger partial charge in [0, 0.05) is 31.3 Å². The molecule has 0 bridgehead atoms. The van der Waals surface area contributed by atoms with E-state index in [0.717, 1.165) is 24.6 Å². The minimum atomic E-state index is -0.761. The quantitative estimate of drug-likeness (QED) is 0.864. The third-order valence-corrected chi connectivity index (χ3v) is 4.63. The first-order valence-electron chi connectivity index (χ1n) is 7.58. The SMILES string of the molecule is O=C(c1cc(F)cc(F)c1)N1CCC2(CC1)OCCCC2O. The maximum absolute atomic E-state index is 13.2. The van der Waals surface area contributed by atoms with E-state index >= 15 is 0 Å². The van der Waals surface area contributed by atoms with Crippen LogP contribution in [0.3, 0.4) is 0 Å². The van der Waals surface area contributed by atoms with Crippen LogP contribution in [0.2, 0.25) is 0 Å². The largest absolute Gasteiger partial charge is 0.390 e. The van der Waals surface area contributed by atoms with Gasteiger partial charge in [0.25, 0.3) is 5.91 Å². The lowest BCUT2D eigenvalue weighted by atomic mass is 9.82. The van der Waals surface area contributed by atoms with Gasteiger partial charge in [-0.25, -0.2) is 8.78 Å². The summed E-state index contributed by atoms with van der Waals surface area (Å²) in [5.74, 6) is -1.91. The number of halogens is 2. The molecule has 1 aromatic rings. The molecule has 1 aromatic carbocycles. The summed E-state index contributed by atoms with van der Waals surface area (Å²) in [5, 5.41) is 10.2. The van der Waals surface area contributed by atoms with Gasteiger partial charge in [0.1, 0.15) is 11.6 Å². The Balaban J connectivity index is 1.69. The molecule has 2 aliphatic heterocycles. The van der Waals surface area contributed by atoms with Gasteiger partial charge >= 0.3 is 0 Å². The fourth-order valence-corrected chi connectivity index (χ4v) is 3.34. The second kappa shape index (κ2) is 5.93. The molecule has 1 unspecified atom stereocenters. The van der Waals surface area contributed by atoms with E-state index in [4.69, 9.17) is 4.74 Å². The summed E-state index contributed by atoms with van der Waals surface area (Å²) in [5.41, 5.74) is -0.555. The number of rotatable bonds is 1. The minimum absolute atomic E-state index is 0.0126. The van der Waals surface area contributed by atoms with E-state index in [2.05, 4.69) is 0 Å². The van der Waals surface area contributed by atoms with Crippen molar-refractivity contribution in [1.82, 2.24) is 4.90 Å². The fraction of sp³-hybridized carbons (Fsp3) is 0.562. The monoisotopic (exact) mass is 311 g/mol. The van der Waals surface area contributed by atoms with Gasteiger partial charge in [-0.2, -0.15) is 0 Å². The molecule has 1 N–H and O–H groups in total. The molecule has 2 saturated heterocycles. The molecular weight excluding hydrogens is 292 g/mol. The van der Waals surface area contributed by atoms with Gasteiger partial charge in [-0.15, -0.1) is 0 Å². The summed E-state index contributed by atoms with van der Waals surface area (Å²) in [6.07, 6.45) is 2.12. The number of hydrogen-bond donors (Lipinski definition) is 1. The van der Waals surface area contributed by atoms with Crippen molar-refractivity contribution >= 4 is 5.91 Å². The molecule has 0 radical (unpaired) electrons. The normalized spacial score (nSPS) is 24.5. The summed E-state index contributed by atoms with van der Waals surface area (Å²) in [6, 6.07) is 2.83. The maximum Gasteiger partial charge on any atom is 0.254 e. The molecule has 3 rings (SSSR count). The number of benzene rings is 1. The Morgan fingerprint density at radius 2 is 1.86 bits per heavy atom. The van der Waals surface area contributed by atoms with Gasteiger partial charge in [0.05, 0.1) is 11.7 Å². The number of carbonyl (C=O) groups excluding carboxylic acids is 1. The van der Waals surface area contributed by atoms with Crippen LogP contribution >= 0.6 is 0 Å². The van der Waals surface area contributed by atoms with Gasteiger partial charge in [-0.05, 0) is 37.8 Å². The third kappa shape index (κ3) is 2.85. The van der Waals surface area contributed by atoms with E-state index in [1.165, 1.54) is 0 Å². The predicted octanol–water partition coefficient (Wildman–Crippen LogP) is 2.11. The zero-order valence-corrected chi connectivity index (χ0v) is 12.2. The molecule has 0 saturated carbocycles. The van der Waals surface area contributed by atoms with Crippen molar-refractivity contribution in [3.8, 4) is 0 Å². The van der Waals surface area contributed by atoms with Crippen molar-refractivity contribution in [3.05, 3.63) is 35.4 Å². The Hall–Kier alpha value is -1.53. The number of likely N-dealkylation sites (tertiary alicyclic amines) is 1. The molecule has 2 fully saturated rings. The smallest absolute Gasteiger partial charge is 0.254 e. The number of aliphatic hydroxyl groups excluding tert-OH is 1. The van der Waals surface area contributed by atoms with Crippen molar-refractivity contribution in [1.29, 1.82) is 0 Å². The highest BCUT2D eigenvalue weighted by atomic mass is 19.1. The van der Waals surface area contributed by atoms with Crippen molar-refractivity contribution in [2.75, 3.05) is 19.7 Å². The number of nitrogens with zero attached hydrogens (tertiary/aromatic N) is 1. The molecule has 6 heteroatoms. The summed E-state index contributed by atoms with van der Waals surface area (Å²) in [4.78, 5) is 13.9. The summed E-state index contributed by atoms with van der Waals surface area (Å²) < 4.78 is 32.2. The van der Waals surface area contributed by atoms with Crippen LogP contribution in [0.5, 0.6) is 0 Å². The van der Waals surface area contributed by atoms with Gasteiger partial charge in [-0.1, -0.05) is 0 Å². The molecule has 1 spiro atoms. The minimum Gasteiger partial charge on any atom is -0.390 e. The third-order valence-electron chi connectivity index (χ3n) is 4.63. The van der Waals surface area contributed by atoms with Crippen molar-refractivity contribution < 1.29 is 23.4 Å². The Labute approximate surface area is 127 Å². The van der Waals surface area contributed by atoms with Gasteiger partial charge in [-0.3, -0.25) is 4.79 Å². The number of aliphatic hydroxyl groups is 1. The Kier molecular flexibility index (Phi) is 4.14. The van der Waals surface area contributed by atoms with Crippen molar-refractivity contribution in [3.63, 3.8) is 0 Å². The molecular formula is C16H19F2NO3. The standard InChI is InChI=1S/C16H19F2NO3/c17-12-8-11(9-13(18)10-12)15(21)19-5-3-16(4-6-19)14(20)2-1-7-22-16/h8-10,14,20H,1-7H2. The average molecular weight is 311 g/mol. The first kappa shape index (κ1) is 15.4. The zero-order chi connectivity index (χ0) is 15.7. The van der Waals surface area contributed by atoms with Gasteiger partial charge in [0.15, 0.2) is 0 Å².